The fraction of sp³-hybridized carbons (Fsp3) is 0.286. The van der Waals surface area contributed by atoms with Crippen molar-refractivity contribution in [3.8, 4) is 0 Å². The lowest BCUT2D eigenvalue weighted by Gasteiger charge is -2.13. The number of rotatable bonds is 2. The number of hydrogen-bond acceptors (Lipinski definition) is 3. The molecular formula is C14H15N3O2. The summed E-state index contributed by atoms with van der Waals surface area (Å²) in [6.45, 7) is 1.78. The first-order valence-corrected chi connectivity index (χ1v) is 6.31. The molecule has 19 heavy (non-hydrogen) atoms. The Morgan fingerprint density at radius 3 is 3.05 bits per heavy atom. The number of urea groups is 1. The highest BCUT2D eigenvalue weighted by atomic mass is 16.5. The highest BCUT2D eigenvalue weighted by molar-refractivity contribution is 5.88. The quantitative estimate of drug-likeness (QED) is 0.869. The van der Waals surface area contributed by atoms with Crippen molar-refractivity contribution in [2.75, 3.05) is 5.32 Å². The van der Waals surface area contributed by atoms with Crippen molar-refractivity contribution in [1.82, 2.24) is 10.5 Å². The van der Waals surface area contributed by atoms with E-state index in [1.54, 1.807) is 13.0 Å². The van der Waals surface area contributed by atoms with Crippen LogP contribution in [0.3, 0.4) is 0 Å². The summed E-state index contributed by atoms with van der Waals surface area (Å²) in [6.07, 6.45) is 1.94. The van der Waals surface area contributed by atoms with Gasteiger partial charge in [-0.05, 0) is 30.9 Å². The highest BCUT2D eigenvalue weighted by Crippen LogP contribution is 2.30. The number of aromatic nitrogens is 1. The van der Waals surface area contributed by atoms with Crippen molar-refractivity contribution in [3.05, 3.63) is 47.2 Å². The van der Waals surface area contributed by atoms with Crippen LogP contribution in [0.25, 0.3) is 0 Å². The minimum atomic E-state index is -0.255. The molecule has 1 aromatic carbocycles. The molecule has 1 aromatic heterocycles. The largest absolute Gasteiger partial charge is 0.360 e. The summed E-state index contributed by atoms with van der Waals surface area (Å²) in [7, 11) is 0. The summed E-state index contributed by atoms with van der Waals surface area (Å²) in [5.41, 5.74) is 2.51. The maximum Gasteiger partial charge on any atom is 0.320 e. The Morgan fingerprint density at radius 1 is 1.42 bits per heavy atom. The number of aryl methyl sites for hydroxylation is 2. The second-order valence-corrected chi connectivity index (χ2v) is 4.71. The average molecular weight is 257 g/mol. The molecule has 2 N–H and O–H groups in total. The maximum atomic E-state index is 11.9. The van der Waals surface area contributed by atoms with Crippen LogP contribution in [-0.4, -0.2) is 11.2 Å². The number of nitrogens with zero attached hydrogens (tertiary/aromatic N) is 1. The molecule has 1 atom stereocenters. The van der Waals surface area contributed by atoms with Crippen LogP contribution in [-0.2, 0) is 6.42 Å². The van der Waals surface area contributed by atoms with Gasteiger partial charge in [0.05, 0.1) is 6.04 Å². The first kappa shape index (κ1) is 11.8. The second kappa shape index (κ2) is 4.76. The summed E-state index contributed by atoms with van der Waals surface area (Å²) in [5, 5.41) is 9.35. The van der Waals surface area contributed by atoms with Gasteiger partial charge in [-0.1, -0.05) is 29.4 Å². The van der Waals surface area contributed by atoms with Gasteiger partial charge in [-0.2, -0.15) is 0 Å². The smallest absolute Gasteiger partial charge is 0.320 e. The third kappa shape index (κ3) is 2.45. The molecule has 5 heteroatoms. The minimum absolute atomic E-state index is 0.0733. The number of benzene rings is 1. The summed E-state index contributed by atoms with van der Waals surface area (Å²) < 4.78 is 4.90. The predicted molar refractivity (Wildman–Crippen MR) is 70.9 cm³/mol. The summed E-state index contributed by atoms with van der Waals surface area (Å²) in [4.78, 5) is 11.9. The lowest BCUT2D eigenvalue weighted by Crippen LogP contribution is -2.31. The average Bonchev–Trinajstić information content (AvgIpc) is 2.97. The summed E-state index contributed by atoms with van der Waals surface area (Å²) >= 11 is 0. The van der Waals surface area contributed by atoms with E-state index in [4.69, 9.17) is 4.52 Å². The standard InChI is InChI=1S/C14H15N3O2/c1-9-8-13(17-19-9)16-14(18)15-12-7-6-10-4-2-3-5-11(10)12/h2-5,8,12H,6-7H2,1H3,(H2,15,16,17,18)/t12-/m1/s1. The third-order valence-electron chi connectivity index (χ3n) is 3.31. The number of fused-ring (bicyclic) bond motifs is 1. The lowest BCUT2D eigenvalue weighted by molar-refractivity contribution is 0.248. The molecule has 2 amide bonds. The Labute approximate surface area is 111 Å². The van der Waals surface area contributed by atoms with Gasteiger partial charge in [-0.15, -0.1) is 0 Å². The van der Waals surface area contributed by atoms with Crippen LogP contribution >= 0.6 is 0 Å². The SMILES string of the molecule is Cc1cc(NC(=O)N[C@@H]2CCc3ccccc32)no1. The van der Waals surface area contributed by atoms with Crippen LogP contribution in [0.2, 0.25) is 0 Å². The molecule has 3 rings (SSSR count). The molecule has 0 spiro atoms. The first-order valence-electron chi connectivity index (χ1n) is 6.31. The normalized spacial score (nSPS) is 17.0. The molecule has 0 saturated carbocycles. The van der Waals surface area contributed by atoms with E-state index in [0.717, 1.165) is 12.8 Å². The Balaban J connectivity index is 1.65. The van der Waals surface area contributed by atoms with Crippen LogP contribution < -0.4 is 10.6 Å². The summed E-state index contributed by atoms with van der Waals surface area (Å²) in [6, 6.07) is 9.70. The van der Waals surface area contributed by atoms with Crippen LogP contribution in [0.5, 0.6) is 0 Å². The van der Waals surface area contributed by atoms with Crippen LogP contribution in [0.4, 0.5) is 10.6 Å². The van der Waals surface area contributed by atoms with E-state index < -0.39 is 0 Å². The fourth-order valence-corrected chi connectivity index (χ4v) is 2.44. The van der Waals surface area contributed by atoms with Crippen molar-refractivity contribution in [1.29, 1.82) is 0 Å². The number of carbonyl (C=O) groups is 1. The maximum absolute atomic E-state index is 11.9. The van der Waals surface area contributed by atoms with Gasteiger partial charge in [0.1, 0.15) is 5.76 Å². The van der Waals surface area contributed by atoms with Gasteiger partial charge in [-0.25, -0.2) is 4.79 Å². The fourth-order valence-electron chi connectivity index (χ4n) is 2.44. The van der Waals surface area contributed by atoms with E-state index in [9.17, 15) is 4.79 Å². The monoisotopic (exact) mass is 257 g/mol. The third-order valence-corrected chi connectivity index (χ3v) is 3.31. The zero-order valence-electron chi connectivity index (χ0n) is 10.6. The Hall–Kier alpha value is -2.30. The van der Waals surface area contributed by atoms with E-state index >= 15 is 0 Å². The van der Waals surface area contributed by atoms with Crippen LogP contribution in [0.15, 0.2) is 34.9 Å². The number of carbonyl (C=O) groups excluding carboxylic acids is 1. The molecule has 1 heterocycles. The molecule has 0 bridgehead atoms. The van der Waals surface area contributed by atoms with Gasteiger partial charge in [0.15, 0.2) is 5.82 Å². The second-order valence-electron chi connectivity index (χ2n) is 4.71. The van der Waals surface area contributed by atoms with E-state index in [2.05, 4.69) is 27.9 Å². The van der Waals surface area contributed by atoms with Gasteiger partial charge < -0.3 is 9.84 Å². The summed E-state index contributed by atoms with van der Waals surface area (Å²) in [5.74, 6) is 1.10. The van der Waals surface area contributed by atoms with E-state index in [1.165, 1.54) is 11.1 Å². The van der Waals surface area contributed by atoms with Crippen molar-refractivity contribution in [3.63, 3.8) is 0 Å². The number of anilines is 1. The van der Waals surface area contributed by atoms with Gasteiger partial charge in [-0.3, -0.25) is 5.32 Å². The van der Waals surface area contributed by atoms with E-state index in [0.29, 0.717) is 11.6 Å². The van der Waals surface area contributed by atoms with Gasteiger partial charge in [0, 0.05) is 6.07 Å². The first-order chi connectivity index (χ1) is 9.22. The Kier molecular flexibility index (Phi) is 2.95. The Bertz CT molecular complexity index is 606. The molecule has 0 aliphatic heterocycles. The van der Waals surface area contributed by atoms with Crippen molar-refractivity contribution < 1.29 is 9.32 Å². The van der Waals surface area contributed by atoms with Crippen molar-refractivity contribution >= 4 is 11.8 Å². The molecule has 0 unspecified atom stereocenters. The van der Waals surface area contributed by atoms with Crippen LogP contribution in [0, 0.1) is 6.92 Å². The zero-order valence-corrected chi connectivity index (χ0v) is 10.6. The van der Waals surface area contributed by atoms with E-state index in [-0.39, 0.29) is 12.1 Å². The highest BCUT2D eigenvalue weighted by Gasteiger charge is 2.23. The molecule has 5 nitrogen and oxygen atoms in total. The van der Waals surface area contributed by atoms with Gasteiger partial charge >= 0.3 is 6.03 Å². The molecule has 0 radical (unpaired) electrons. The lowest BCUT2D eigenvalue weighted by atomic mass is 10.1. The number of amides is 2. The molecule has 2 aromatic rings. The number of nitrogens with one attached hydrogen (secondary N) is 2. The topological polar surface area (TPSA) is 67.2 Å². The number of hydrogen-bond donors (Lipinski definition) is 2. The van der Waals surface area contributed by atoms with Gasteiger partial charge in [0.25, 0.3) is 0 Å². The molecule has 0 saturated heterocycles. The molecule has 98 valence electrons. The van der Waals surface area contributed by atoms with E-state index in [1.807, 2.05) is 12.1 Å². The Morgan fingerprint density at radius 2 is 2.26 bits per heavy atom. The predicted octanol–water partition coefficient (Wildman–Crippen LogP) is 2.79. The van der Waals surface area contributed by atoms with Crippen molar-refractivity contribution in [2.45, 2.75) is 25.8 Å². The molecule has 1 aliphatic carbocycles. The minimum Gasteiger partial charge on any atom is -0.360 e. The molecular weight excluding hydrogens is 242 g/mol. The van der Waals surface area contributed by atoms with Crippen molar-refractivity contribution in [2.24, 2.45) is 0 Å². The molecule has 0 fully saturated rings. The zero-order chi connectivity index (χ0) is 13.2. The molecule has 1 aliphatic rings. The van der Waals surface area contributed by atoms with Gasteiger partial charge in [0.2, 0.25) is 0 Å². The van der Waals surface area contributed by atoms with Crippen LogP contribution in [0.1, 0.15) is 29.3 Å².